The third-order valence-corrected chi connectivity index (χ3v) is 4.37. The summed E-state index contributed by atoms with van der Waals surface area (Å²) in [6.45, 7) is 6.24. The minimum Gasteiger partial charge on any atom is -0.392 e. The van der Waals surface area contributed by atoms with E-state index in [9.17, 15) is 4.79 Å². The Hall–Kier alpha value is -0.680. The van der Waals surface area contributed by atoms with Crippen LogP contribution in [0, 0.1) is 11.3 Å². The molecule has 0 spiro atoms. The van der Waals surface area contributed by atoms with Gasteiger partial charge in [0, 0.05) is 19.8 Å². The topological polar surface area (TPSA) is 64.3 Å². The Balaban J connectivity index is 2.44. The van der Waals surface area contributed by atoms with Crippen LogP contribution in [0.25, 0.3) is 0 Å². The fraction of sp³-hybridized carbons (Fsp3) is 0.846. The Bertz CT molecular complexity index is 297. The number of nitrogens with one attached hydrogen (secondary N) is 1. The van der Waals surface area contributed by atoms with Crippen LogP contribution < -0.4 is 11.1 Å². The first-order chi connectivity index (χ1) is 8.56. The molecular formula is C13H24N2O2S. The van der Waals surface area contributed by atoms with E-state index in [-0.39, 0.29) is 5.91 Å². The van der Waals surface area contributed by atoms with E-state index in [1.54, 1.807) is 0 Å². The van der Waals surface area contributed by atoms with Crippen molar-refractivity contribution in [2.75, 3.05) is 19.8 Å². The molecule has 1 amide bonds. The number of hydrogen-bond donors (Lipinski definition) is 2. The van der Waals surface area contributed by atoms with Gasteiger partial charge in [0.15, 0.2) is 0 Å². The highest BCUT2D eigenvalue weighted by molar-refractivity contribution is 7.80. The molecule has 5 heteroatoms. The third-order valence-electron chi connectivity index (χ3n) is 3.98. The molecule has 104 valence electrons. The maximum absolute atomic E-state index is 12.2. The highest BCUT2D eigenvalue weighted by Gasteiger charge is 2.37. The van der Waals surface area contributed by atoms with Crippen molar-refractivity contribution >= 4 is 23.1 Å². The standard InChI is InChI=1S/C13H24N2O2S/c1-3-13(4-2,11(14)18)12(16)15-7-5-10-6-8-17-9-10/h10H,3-9H2,1-2H3,(H2,14,18)(H,15,16). The van der Waals surface area contributed by atoms with E-state index in [2.05, 4.69) is 5.32 Å². The second kappa shape index (κ2) is 7.04. The van der Waals surface area contributed by atoms with E-state index in [1.165, 1.54) is 0 Å². The SMILES string of the molecule is CCC(CC)(C(=O)NCCC1CCOC1)C(N)=S. The van der Waals surface area contributed by atoms with Gasteiger partial charge in [-0.25, -0.2) is 0 Å². The Labute approximate surface area is 115 Å². The first-order valence-electron chi connectivity index (χ1n) is 6.72. The van der Waals surface area contributed by atoms with E-state index in [1.807, 2.05) is 13.8 Å². The zero-order valence-corrected chi connectivity index (χ0v) is 12.1. The number of ether oxygens (including phenoxy) is 1. The fourth-order valence-corrected chi connectivity index (χ4v) is 2.78. The molecule has 0 bridgehead atoms. The smallest absolute Gasteiger partial charge is 0.233 e. The minimum atomic E-state index is -0.679. The van der Waals surface area contributed by atoms with Crippen molar-refractivity contribution in [3.05, 3.63) is 0 Å². The summed E-state index contributed by atoms with van der Waals surface area (Å²) in [5, 5.41) is 2.97. The fourth-order valence-electron chi connectivity index (χ4n) is 2.40. The lowest BCUT2D eigenvalue weighted by Crippen LogP contribution is -2.48. The quantitative estimate of drug-likeness (QED) is 0.691. The average molecular weight is 272 g/mol. The summed E-state index contributed by atoms with van der Waals surface area (Å²) in [7, 11) is 0. The van der Waals surface area contributed by atoms with Gasteiger partial charge in [0.05, 0.1) is 10.4 Å². The summed E-state index contributed by atoms with van der Waals surface area (Å²) in [4.78, 5) is 12.5. The summed E-state index contributed by atoms with van der Waals surface area (Å²) in [5.41, 5.74) is 5.06. The second-order valence-corrected chi connectivity index (χ2v) is 5.37. The molecule has 0 radical (unpaired) electrons. The predicted octanol–water partition coefficient (Wildman–Crippen LogP) is 1.62. The summed E-state index contributed by atoms with van der Waals surface area (Å²) < 4.78 is 5.31. The summed E-state index contributed by atoms with van der Waals surface area (Å²) in [6, 6.07) is 0. The number of amides is 1. The van der Waals surface area contributed by atoms with Crippen molar-refractivity contribution < 1.29 is 9.53 Å². The highest BCUT2D eigenvalue weighted by Crippen LogP contribution is 2.27. The molecular weight excluding hydrogens is 248 g/mol. The molecule has 4 nitrogen and oxygen atoms in total. The van der Waals surface area contributed by atoms with Gasteiger partial charge in [-0.15, -0.1) is 0 Å². The zero-order valence-electron chi connectivity index (χ0n) is 11.3. The van der Waals surface area contributed by atoms with Crippen molar-refractivity contribution in [3.63, 3.8) is 0 Å². The number of carbonyl (C=O) groups excluding carboxylic acids is 1. The molecule has 0 aromatic heterocycles. The number of carbonyl (C=O) groups is 1. The minimum absolute atomic E-state index is 0.0288. The van der Waals surface area contributed by atoms with Gasteiger partial charge in [-0.3, -0.25) is 4.79 Å². The molecule has 3 N–H and O–H groups in total. The van der Waals surface area contributed by atoms with Crippen LogP contribution in [0.15, 0.2) is 0 Å². The van der Waals surface area contributed by atoms with Gasteiger partial charge in [-0.05, 0) is 31.6 Å². The van der Waals surface area contributed by atoms with Crippen molar-refractivity contribution in [2.45, 2.75) is 39.5 Å². The Morgan fingerprint density at radius 1 is 1.50 bits per heavy atom. The Morgan fingerprint density at radius 3 is 2.61 bits per heavy atom. The lowest BCUT2D eigenvalue weighted by Gasteiger charge is -2.29. The highest BCUT2D eigenvalue weighted by atomic mass is 32.1. The van der Waals surface area contributed by atoms with Crippen molar-refractivity contribution in [2.24, 2.45) is 17.1 Å². The molecule has 18 heavy (non-hydrogen) atoms. The first kappa shape index (κ1) is 15.4. The van der Waals surface area contributed by atoms with Crippen LogP contribution >= 0.6 is 12.2 Å². The molecule has 1 atom stereocenters. The maximum Gasteiger partial charge on any atom is 0.233 e. The number of hydrogen-bond acceptors (Lipinski definition) is 3. The molecule has 0 saturated carbocycles. The number of nitrogens with two attached hydrogens (primary N) is 1. The van der Waals surface area contributed by atoms with E-state index in [0.717, 1.165) is 26.1 Å². The molecule has 1 unspecified atom stereocenters. The average Bonchev–Trinajstić information content (AvgIpc) is 2.84. The molecule has 1 saturated heterocycles. The zero-order chi connectivity index (χ0) is 13.6. The van der Waals surface area contributed by atoms with Gasteiger partial charge in [-0.2, -0.15) is 0 Å². The van der Waals surface area contributed by atoms with Gasteiger partial charge in [0.1, 0.15) is 0 Å². The predicted molar refractivity (Wildman–Crippen MR) is 76.4 cm³/mol. The van der Waals surface area contributed by atoms with Crippen LogP contribution in [0.5, 0.6) is 0 Å². The molecule has 1 aliphatic rings. The van der Waals surface area contributed by atoms with Gasteiger partial charge < -0.3 is 15.8 Å². The lowest BCUT2D eigenvalue weighted by molar-refractivity contribution is -0.127. The molecule has 1 heterocycles. The van der Waals surface area contributed by atoms with Crippen molar-refractivity contribution in [3.8, 4) is 0 Å². The third kappa shape index (κ3) is 3.42. The van der Waals surface area contributed by atoms with Gasteiger partial charge in [0.2, 0.25) is 5.91 Å². The molecule has 1 fully saturated rings. The summed E-state index contributed by atoms with van der Waals surface area (Å²) in [5.74, 6) is 0.548. The normalized spacial score (nSPS) is 19.8. The lowest BCUT2D eigenvalue weighted by atomic mass is 9.81. The first-order valence-corrected chi connectivity index (χ1v) is 7.13. The van der Waals surface area contributed by atoms with Crippen molar-refractivity contribution in [1.82, 2.24) is 5.32 Å². The molecule has 0 aromatic rings. The van der Waals surface area contributed by atoms with E-state index < -0.39 is 5.41 Å². The monoisotopic (exact) mass is 272 g/mol. The second-order valence-electron chi connectivity index (χ2n) is 4.93. The Morgan fingerprint density at radius 2 is 2.17 bits per heavy atom. The molecule has 0 aromatic carbocycles. The van der Waals surface area contributed by atoms with E-state index in [0.29, 0.717) is 30.3 Å². The maximum atomic E-state index is 12.2. The number of thiocarbonyl (C=S) groups is 1. The van der Waals surface area contributed by atoms with Crippen LogP contribution in [0.4, 0.5) is 0 Å². The van der Waals surface area contributed by atoms with Gasteiger partial charge in [0.25, 0.3) is 0 Å². The van der Waals surface area contributed by atoms with Crippen molar-refractivity contribution in [1.29, 1.82) is 0 Å². The molecule has 1 rings (SSSR count). The van der Waals surface area contributed by atoms with Crippen LogP contribution in [0.3, 0.4) is 0 Å². The van der Waals surface area contributed by atoms with Gasteiger partial charge in [-0.1, -0.05) is 26.1 Å². The molecule has 1 aliphatic heterocycles. The van der Waals surface area contributed by atoms with Crippen LogP contribution in [0.1, 0.15) is 39.5 Å². The van der Waals surface area contributed by atoms with Gasteiger partial charge >= 0.3 is 0 Å². The van der Waals surface area contributed by atoms with E-state index >= 15 is 0 Å². The number of rotatable bonds is 7. The van der Waals surface area contributed by atoms with E-state index in [4.69, 9.17) is 22.7 Å². The summed E-state index contributed by atoms with van der Waals surface area (Å²) in [6.07, 6.45) is 3.36. The van der Waals surface area contributed by atoms with Crippen LogP contribution in [-0.4, -0.2) is 30.7 Å². The Kier molecular flexibility index (Phi) is 6.02. The van der Waals surface area contributed by atoms with Crippen LogP contribution in [0.2, 0.25) is 0 Å². The van der Waals surface area contributed by atoms with Crippen LogP contribution in [-0.2, 0) is 9.53 Å². The largest absolute Gasteiger partial charge is 0.392 e. The summed E-state index contributed by atoms with van der Waals surface area (Å²) >= 11 is 5.06. The molecule has 0 aliphatic carbocycles.